The van der Waals surface area contributed by atoms with Gasteiger partial charge in [0.2, 0.25) is 0 Å². The van der Waals surface area contributed by atoms with E-state index in [1.165, 1.54) is 30.3 Å². The first kappa shape index (κ1) is 21.5. The quantitative estimate of drug-likeness (QED) is 0.688. The van der Waals surface area contributed by atoms with Crippen LogP contribution in [0.25, 0.3) is 0 Å². The first-order valence-electron chi connectivity index (χ1n) is 9.01. The van der Waals surface area contributed by atoms with Crippen LogP contribution >= 0.6 is 11.6 Å². The molecule has 0 bridgehead atoms. The third-order valence-electron chi connectivity index (χ3n) is 4.41. The molecule has 156 valence electrons. The van der Waals surface area contributed by atoms with Crippen molar-refractivity contribution in [2.45, 2.75) is 4.90 Å². The fourth-order valence-electron chi connectivity index (χ4n) is 2.83. The van der Waals surface area contributed by atoms with Crippen LogP contribution in [-0.2, 0) is 14.8 Å². The van der Waals surface area contributed by atoms with Crippen LogP contribution < -0.4 is 10.0 Å². The van der Waals surface area contributed by atoms with Crippen LogP contribution in [0.2, 0.25) is 5.02 Å². The summed E-state index contributed by atoms with van der Waals surface area (Å²) in [7, 11) is -3.97. The van der Waals surface area contributed by atoms with E-state index in [0.717, 1.165) is 25.2 Å². The highest BCUT2D eigenvalue weighted by molar-refractivity contribution is 7.92. The summed E-state index contributed by atoms with van der Waals surface area (Å²) in [5, 5.41) is 2.91. The van der Waals surface area contributed by atoms with Crippen LogP contribution in [0.1, 0.15) is 10.4 Å². The molecule has 1 fully saturated rings. The Bertz CT molecular complexity index is 964. The van der Waals surface area contributed by atoms with E-state index < -0.39 is 21.7 Å². The number of sulfonamides is 1. The molecule has 1 aliphatic heterocycles. The average molecular weight is 442 g/mol. The number of nitrogens with one attached hydrogen (secondary N) is 2. The molecule has 0 radical (unpaired) electrons. The highest BCUT2D eigenvalue weighted by atomic mass is 35.5. The van der Waals surface area contributed by atoms with Gasteiger partial charge in [0.1, 0.15) is 5.82 Å². The number of benzene rings is 2. The van der Waals surface area contributed by atoms with Gasteiger partial charge in [-0.2, -0.15) is 0 Å². The zero-order chi connectivity index (χ0) is 20.9. The average Bonchev–Trinajstić information content (AvgIpc) is 2.70. The van der Waals surface area contributed by atoms with E-state index in [2.05, 4.69) is 14.9 Å². The summed E-state index contributed by atoms with van der Waals surface area (Å²) in [6, 6.07) is 8.79. The second-order valence-electron chi connectivity index (χ2n) is 6.46. The number of rotatable bonds is 7. The van der Waals surface area contributed by atoms with Gasteiger partial charge in [0, 0.05) is 31.9 Å². The molecule has 2 aromatic carbocycles. The first-order valence-corrected chi connectivity index (χ1v) is 10.9. The van der Waals surface area contributed by atoms with Crippen molar-refractivity contribution in [3.63, 3.8) is 0 Å². The second kappa shape index (κ2) is 9.53. The topological polar surface area (TPSA) is 87.7 Å². The first-order chi connectivity index (χ1) is 13.8. The minimum absolute atomic E-state index is 0.0654. The molecule has 0 unspecified atom stereocenters. The number of amides is 1. The van der Waals surface area contributed by atoms with Gasteiger partial charge >= 0.3 is 0 Å². The number of morpholine rings is 1. The lowest BCUT2D eigenvalue weighted by Crippen LogP contribution is -2.41. The molecule has 1 amide bonds. The van der Waals surface area contributed by atoms with Crippen molar-refractivity contribution in [1.82, 2.24) is 10.2 Å². The predicted molar refractivity (Wildman–Crippen MR) is 108 cm³/mol. The molecule has 10 heteroatoms. The molecule has 1 saturated heterocycles. The molecule has 1 heterocycles. The van der Waals surface area contributed by atoms with Gasteiger partial charge in [0.25, 0.3) is 15.9 Å². The lowest BCUT2D eigenvalue weighted by atomic mass is 10.2. The molecule has 2 aromatic rings. The molecule has 0 atom stereocenters. The molecule has 2 N–H and O–H groups in total. The van der Waals surface area contributed by atoms with Crippen molar-refractivity contribution in [2.24, 2.45) is 0 Å². The highest BCUT2D eigenvalue weighted by Crippen LogP contribution is 2.22. The number of halogens is 2. The number of hydrogen-bond acceptors (Lipinski definition) is 5. The Morgan fingerprint density at radius 3 is 2.52 bits per heavy atom. The Morgan fingerprint density at radius 1 is 1.14 bits per heavy atom. The maximum atomic E-state index is 13.0. The normalized spacial score (nSPS) is 15.1. The van der Waals surface area contributed by atoms with Gasteiger partial charge in [-0.25, -0.2) is 12.8 Å². The Hall–Kier alpha value is -2.20. The molecule has 7 nitrogen and oxygen atoms in total. The monoisotopic (exact) mass is 441 g/mol. The lowest BCUT2D eigenvalue weighted by molar-refractivity contribution is 0.0383. The summed E-state index contributed by atoms with van der Waals surface area (Å²) >= 11 is 6.10. The van der Waals surface area contributed by atoms with Gasteiger partial charge in [-0.1, -0.05) is 11.6 Å². The number of carbonyl (C=O) groups is 1. The molecule has 3 rings (SSSR count). The molecular formula is C19H21ClFN3O4S. The molecule has 0 spiro atoms. The molecule has 29 heavy (non-hydrogen) atoms. The van der Waals surface area contributed by atoms with Crippen molar-refractivity contribution < 1.29 is 22.3 Å². The fourth-order valence-corrected chi connectivity index (χ4v) is 4.11. The minimum Gasteiger partial charge on any atom is -0.379 e. The Kier molecular flexibility index (Phi) is 7.07. The number of anilines is 1. The van der Waals surface area contributed by atoms with Gasteiger partial charge in [-0.3, -0.25) is 14.4 Å². The van der Waals surface area contributed by atoms with Crippen LogP contribution in [0, 0.1) is 5.82 Å². The fraction of sp³-hybridized carbons (Fsp3) is 0.316. The maximum Gasteiger partial charge on any atom is 0.261 e. The van der Waals surface area contributed by atoms with Crippen LogP contribution in [0.3, 0.4) is 0 Å². The van der Waals surface area contributed by atoms with Crippen molar-refractivity contribution in [3.8, 4) is 0 Å². The molecule has 1 aliphatic rings. The summed E-state index contributed by atoms with van der Waals surface area (Å²) in [5.41, 5.74) is 0.272. The van der Waals surface area contributed by atoms with Gasteiger partial charge in [-0.15, -0.1) is 0 Å². The number of ether oxygens (including phenoxy) is 1. The predicted octanol–water partition coefficient (Wildman–Crippen LogP) is 2.34. The van der Waals surface area contributed by atoms with Crippen molar-refractivity contribution in [3.05, 3.63) is 58.9 Å². The van der Waals surface area contributed by atoms with Crippen molar-refractivity contribution in [2.75, 3.05) is 44.1 Å². The van der Waals surface area contributed by atoms with E-state index in [0.29, 0.717) is 26.3 Å². The van der Waals surface area contributed by atoms with E-state index in [4.69, 9.17) is 16.3 Å². The van der Waals surface area contributed by atoms with E-state index in [-0.39, 0.29) is 21.2 Å². The molecule has 0 saturated carbocycles. The number of carbonyl (C=O) groups excluding carboxylic acids is 1. The standard InChI is InChI=1S/C19H21ClFN3O4S/c20-18-6-5-16(29(26,27)23-15-3-1-14(21)2-4-15)13-17(18)19(25)22-7-8-24-9-11-28-12-10-24/h1-6,13,23H,7-12H2,(H,22,25). The van der Waals surface area contributed by atoms with Crippen LogP contribution in [0.15, 0.2) is 47.4 Å². The zero-order valence-electron chi connectivity index (χ0n) is 15.5. The largest absolute Gasteiger partial charge is 0.379 e. The van der Waals surface area contributed by atoms with Gasteiger partial charge in [0.15, 0.2) is 0 Å². The molecular weight excluding hydrogens is 421 g/mol. The summed E-state index contributed by atoms with van der Waals surface area (Å²) in [4.78, 5) is 14.5. The number of hydrogen-bond donors (Lipinski definition) is 2. The molecule has 0 aliphatic carbocycles. The third kappa shape index (κ3) is 5.89. The maximum absolute atomic E-state index is 13.0. The van der Waals surface area contributed by atoms with E-state index in [1.54, 1.807) is 0 Å². The second-order valence-corrected chi connectivity index (χ2v) is 8.55. The Labute approximate surface area is 173 Å². The smallest absolute Gasteiger partial charge is 0.261 e. The summed E-state index contributed by atoms with van der Waals surface area (Å²) < 4.78 is 45.8. The molecule has 0 aromatic heterocycles. The minimum atomic E-state index is -3.97. The summed E-state index contributed by atoms with van der Waals surface area (Å²) in [6.07, 6.45) is 0. The van der Waals surface area contributed by atoms with Gasteiger partial charge in [-0.05, 0) is 42.5 Å². The van der Waals surface area contributed by atoms with E-state index in [1.807, 2.05) is 0 Å². The highest BCUT2D eigenvalue weighted by Gasteiger charge is 2.19. The van der Waals surface area contributed by atoms with Crippen LogP contribution in [0.4, 0.5) is 10.1 Å². The van der Waals surface area contributed by atoms with E-state index >= 15 is 0 Å². The lowest BCUT2D eigenvalue weighted by Gasteiger charge is -2.26. The van der Waals surface area contributed by atoms with Gasteiger partial charge in [0.05, 0.1) is 28.7 Å². The Morgan fingerprint density at radius 2 is 1.83 bits per heavy atom. The van der Waals surface area contributed by atoms with Gasteiger partial charge < -0.3 is 10.1 Å². The zero-order valence-corrected chi connectivity index (χ0v) is 17.1. The summed E-state index contributed by atoms with van der Waals surface area (Å²) in [5.74, 6) is -0.933. The van der Waals surface area contributed by atoms with Crippen LogP contribution in [-0.4, -0.2) is 58.6 Å². The Balaban J connectivity index is 1.67. The summed E-state index contributed by atoms with van der Waals surface area (Å²) in [6.45, 7) is 4.01. The van der Waals surface area contributed by atoms with E-state index in [9.17, 15) is 17.6 Å². The SMILES string of the molecule is O=C(NCCN1CCOCC1)c1cc(S(=O)(=O)Nc2ccc(F)cc2)ccc1Cl. The van der Waals surface area contributed by atoms with Crippen molar-refractivity contribution >= 4 is 33.2 Å². The third-order valence-corrected chi connectivity index (χ3v) is 6.12. The number of nitrogens with zero attached hydrogens (tertiary/aromatic N) is 1. The van der Waals surface area contributed by atoms with Crippen molar-refractivity contribution in [1.29, 1.82) is 0 Å². The van der Waals surface area contributed by atoms with Crippen LogP contribution in [0.5, 0.6) is 0 Å².